The number of para-hydroxylation sites is 1. The molecule has 0 unspecified atom stereocenters. The number of carboxylic acids is 1. The topological polar surface area (TPSA) is 88.0 Å². The number of hydrogen-bond donors (Lipinski definition) is 2. The Labute approximate surface area is 90.2 Å². The van der Waals surface area contributed by atoms with Crippen molar-refractivity contribution in [1.82, 2.24) is 14.8 Å². The quantitative estimate of drug-likeness (QED) is 0.772. The lowest BCUT2D eigenvalue weighted by Gasteiger charge is -2.06. The van der Waals surface area contributed by atoms with Gasteiger partial charge in [0, 0.05) is 0 Å². The van der Waals surface area contributed by atoms with Gasteiger partial charge in [-0.05, 0) is 19.1 Å². The fraction of sp³-hybridized carbons (Fsp3) is 0.100. The highest BCUT2D eigenvalue weighted by Gasteiger charge is 2.14. The second-order valence-corrected chi connectivity index (χ2v) is 3.23. The Hall–Kier alpha value is -2.37. The van der Waals surface area contributed by atoms with Gasteiger partial charge in [-0.2, -0.15) is 5.10 Å². The maximum Gasteiger partial charge on any atom is 0.347 e. The Kier molecular flexibility index (Phi) is 2.32. The number of aromatic amines is 1. The van der Waals surface area contributed by atoms with E-state index in [1.165, 1.54) is 10.6 Å². The summed E-state index contributed by atoms with van der Waals surface area (Å²) >= 11 is 0. The van der Waals surface area contributed by atoms with E-state index in [9.17, 15) is 9.59 Å². The molecule has 0 radical (unpaired) electrons. The first-order chi connectivity index (χ1) is 7.61. The zero-order valence-corrected chi connectivity index (χ0v) is 8.47. The van der Waals surface area contributed by atoms with Crippen molar-refractivity contribution in [2.24, 2.45) is 0 Å². The van der Waals surface area contributed by atoms with E-state index in [1.807, 2.05) is 0 Å². The molecule has 82 valence electrons. The number of nitrogens with one attached hydrogen (secondary N) is 1. The van der Waals surface area contributed by atoms with E-state index in [2.05, 4.69) is 10.2 Å². The Bertz CT molecular complexity index is 597. The van der Waals surface area contributed by atoms with Gasteiger partial charge in [0.05, 0.1) is 11.3 Å². The first kappa shape index (κ1) is 10.2. The highest BCUT2D eigenvalue weighted by Crippen LogP contribution is 2.13. The molecule has 2 aromatic rings. The van der Waals surface area contributed by atoms with Crippen LogP contribution in [0, 0.1) is 6.92 Å². The molecule has 1 aromatic heterocycles. The van der Waals surface area contributed by atoms with Crippen molar-refractivity contribution >= 4 is 5.97 Å². The first-order valence-electron chi connectivity index (χ1n) is 4.58. The maximum atomic E-state index is 11.5. The lowest BCUT2D eigenvalue weighted by molar-refractivity contribution is 0.0697. The zero-order valence-electron chi connectivity index (χ0n) is 8.47. The summed E-state index contributed by atoms with van der Waals surface area (Å²) in [5.41, 5.74) is -0.0773. The molecule has 0 aliphatic carbocycles. The average Bonchev–Trinajstić information content (AvgIpc) is 2.58. The minimum atomic E-state index is -1.08. The normalized spacial score (nSPS) is 10.3. The summed E-state index contributed by atoms with van der Waals surface area (Å²) in [5.74, 6) is -0.665. The molecule has 2 rings (SSSR count). The molecule has 0 amide bonds. The van der Waals surface area contributed by atoms with Crippen molar-refractivity contribution in [1.29, 1.82) is 0 Å². The number of nitrogens with zero attached hydrogens (tertiary/aromatic N) is 2. The van der Waals surface area contributed by atoms with Gasteiger partial charge in [0.2, 0.25) is 0 Å². The molecule has 0 aliphatic heterocycles. The van der Waals surface area contributed by atoms with Crippen LogP contribution in [0.3, 0.4) is 0 Å². The largest absolute Gasteiger partial charge is 0.478 e. The van der Waals surface area contributed by atoms with Crippen LogP contribution >= 0.6 is 0 Å². The summed E-state index contributed by atoms with van der Waals surface area (Å²) in [6.45, 7) is 1.62. The molecule has 0 atom stereocenters. The molecule has 1 aromatic carbocycles. The molecule has 16 heavy (non-hydrogen) atoms. The Morgan fingerprint density at radius 3 is 2.69 bits per heavy atom. The molecule has 0 fully saturated rings. The van der Waals surface area contributed by atoms with Crippen molar-refractivity contribution in [2.75, 3.05) is 0 Å². The van der Waals surface area contributed by atoms with E-state index >= 15 is 0 Å². The number of rotatable bonds is 2. The molecule has 0 bridgehead atoms. The molecular formula is C10H9N3O3. The Morgan fingerprint density at radius 2 is 2.12 bits per heavy atom. The molecular weight excluding hydrogens is 210 g/mol. The van der Waals surface area contributed by atoms with Gasteiger partial charge in [-0.15, -0.1) is 0 Å². The summed E-state index contributed by atoms with van der Waals surface area (Å²) in [5, 5.41) is 15.0. The van der Waals surface area contributed by atoms with Gasteiger partial charge in [0.25, 0.3) is 0 Å². The summed E-state index contributed by atoms with van der Waals surface area (Å²) in [7, 11) is 0. The van der Waals surface area contributed by atoms with Crippen LogP contribution in [0.15, 0.2) is 29.1 Å². The monoisotopic (exact) mass is 219 g/mol. The minimum Gasteiger partial charge on any atom is -0.478 e. The van der Waals surface area contributed by atoms with Crippen LogP contribution in [0.5, 0.6) is 0 Å². The van der Waals surface area contributed by atoms with Crippen molar-refractivity contribution in [3.63, 3.8) is 0 Å². The van der Waals surface area contributed by atoms with Gasteiger partial charge in [-0.1, -0.05) is 12.1 Å². The molecule has 6 heteroatoms. The van der Waals surface area contributed by atoms with Gasteiger partial charge >= 0.3 is 11.7 Å². The van der Waals surface area contributed by atoms with Crippen LogP contribution in [0.4, 0.5) is 0 Å². The standard InChI is InChI=1S/C10H9N3O3/c1-6-11-12-10(16)13(6)8-5-3-2-4-7(8)9(14)15/h2-5H,1H3,(H,12,16)(H,14,15). The van der Waals surface area contributed by atoms with Crippen molar-refractivity contribution in [3.05, 3.63) is 46.1 Å². The smallest absolute Gasteiger partial charge is 0.347 e. The minimum absolute atomic E-state index is 0.0640. The summed E-state index contributed by atoms with van der Waals surface area (Å²) in [6.07, 6.45) is 0. The molecule has 0 saturated carbocycles. The van der Waals surface area contributed by atoms with E-state index in [0.29, 0.717) is 11.5 Å². The third kappa shape index (κ3) is 1.50. The fourth-order valence-corrected chi connectivity index (χ4v) is 1.51. The molecule has 2 N–H and O–H groups in total. The number of H-pyrrole nitrogens is 1. The lowest BCUT2D eigenvalue weighted by atomic mass is 10.2. The van der Waals surface area contributed by atoms with Gasteiger partial charge < -0.3 is 5.11 Å². The number of benzene rings is 1. The Balaban J connectivity index is 2.74. The molecule has 0 saturated heterocycles. The zero-order chi connectivity index (χ0) is 11.7. The third-order valence-electron chi connectivity index (χ3n) is 2.22. The molecule has 6 nitrogen and oxygen atoms in total. The lowest BCUT2D eigenvalue weighted by Crippen LogP contribution is -2.18. The van der Waals surface area contributed by atoms with Crippen LogP contribution in [-0.2, 0) is 0 Å². The van der Waals surface area contributed by atoms with E-state index in [-0.39, 0.29) is 5.56 Å². The van der Waals surface area contributed by atoms with Crippen molar-refractivity contribution in [2.45, 2.75) is 6.92 Å². The van der Waals surface area contributed by atoms with Gasteiger partial charge in [0.1, 0.15) is 5.82 Å². The van der Waals surface area contributed by atoms with Crippen LogP contribution in [0.25, 0.3) is 5.69 Å². The van der Waals surface area contributed by atoms with E-state index in [0.717, 1.165) is 0 Å². The second-order valence-electron chi connectivity index (χ2n) is 3.23. The van der Waals surface area contributed by atoms with Crippen LogP contribution in [-0.4, -0.2) is 25.8 Å². The number of hydrogen-bond acceptors (Lipinski definition) is 3. The van der Waals surface area contributed by atoms with Crippen molar-refractivity contribution < 1.29 is 9.90 Å². The van der Waals surface area contributed by atoms with Gasteiger partial charge in [-0.3, -0.25) is 0 Å². The van der Waals surface area contributed by atoms with Crippen LogP contribution < -0.4 is 5.69 Å². The molecule has 1 heterocycles. The predicted molar refractivity (Wildman–Crippen MR) is 55.9 cm³/mol. The Morgan fingerprint density at radius 1 is 1.44 bits per heavy atom. The first-order valence-corrected chi connectivity index (χ1v) is 4.58. The van der Waals surface area contributed by atoms with Gasteiger partial charge in [-0.25, -0.2) is 19.3 Å². The summed E-state index contributed by atoms with van der Waals surface area (Å²) in [4.78, 5) is 22.5. The second kappa shape index (κ2) is 3.65. The number of aromatic nitrogens is 3. The number of aryl methyl sites for hydroxylation is 1. The molecule has 0 spiro atoms. The van der Waals surface area contributed by atoms with E-state index in [1.54, 1.807) is 25.1 Å². The van der Waals surface area contributed by atoms with E-state index < -0.39 is 11.7 Å². The average molecular weight is 219 g/mol. The number of carboxylic acid groups (broad SMARTS) is 1. The predicted octanol–water partition coefficient (Wildman–Crippen LogP) is 0.567. The SMILES string of the molecule is Cc1n[nH]c(=O)n1-c1ccccc1C(=O)O. The number of aromatic carboxylic acids is 1. The highest BCUT2D eigenvalue weighted by molar-refractivity contribution is 5.91. The third-order valence-corrected chi connectivity index (χ3v) is 2.22. The van der Waals surface area contributed by atoms with Crippen LogP contribution in [0.1, 0.15) is 16.2 Å². The molecule has 0 aliphatic rings. The maximum absolute atomic E-state index is 11.5. The van der Waals surface area contributed by atoms with Crippen LogP contribution in [0.2, 0.25) is 0 Å². The van der Waals surface area contributed by atoms with E-state index in [4.69, 9.17) is 5.11 Å². The van der Waals surface area contributed by atoms with Gasteiger partial charge in [0.15, 0.2) is 0 Å². The number of carbonyl (C=O) groups is 1. The summed E-state index contributed by atoms with van der Waals surface area (Å²) in [6, 6.07) is 6.28. The highest BCUT2D eigenvalue weighted by atomic mass is 16.4. The summed E-state index contributed by atoms with van der Waals surface area (Å²) < 4.78 is 1.23. The van der Waals surface area contributed by atoms with Crippen molar-refractivity contribution in [3.8, 4) is 5.69 Å². The fourth-order valence-electron chi connectivity index (χ4n) is 1.51.